The topological polar surface area (TPSA) is 15.3 Å². The first-order chi connectivity index (χ1) is 10.1. The Bertz CT molecular complexity index is 410. The number of hydrogen-bond donors (Lipinski definition) is 1. The first-order valence-electron chi connectivity index (χ1n) is 8.63. The van der Waals surface area contributed by atoms with E-state index in [4.69, 9.17) is 0 Å². The standard InChI is InChI=1S/C19H32N2/c1-5-17-6-8-18(9-7-17)13-21-14-19(12-15(2)3)20-11-10-16(21)4/h6-9,15-16,19-20H,5,10-14H2,1-4H3. The second kappa shape index (κ2) is 7.95. The van der Waals surface area contributed by atoms with Crippen molar-refractivity contribution in [1.29, 1.82) is 0 Å². The molecule has 1 heterocycles. The highest BCUT2D eigenvalue weighted by Gasteiger charge is 2.23. The van der Waals surface area contributed by atoms with Gasteiger partial charge in [-0.3, -0.25) is 4.90 Å². The Morgan fingerprint density at radius 2 is 1.86 bits per heavy atom. The van der Waals surface area contributed by atoms with Crippen LogP contribution in [0.2, 0.25) is 0 Å². The molecule has 0 aliphatic carbocycles. The Morgan fingerprint density at radius 3 is 2.48 bits per heavy atom. The number of hydrogen-bond acceptors (Lipinski definition) is 2. The minimum atomic E-state index is 0.643. The quantitative estimate of drug-likeness (QED) is 0.885. The highest BCUT2D eigenvalue weighted by molar-refractivity contribution is 5.22. The van der Waals surface area contributed by atoms with Crippen molar-refractivity contribution in [3.63, 3.8) is 0 Å². The van der Waals surface area contributed by atoms with Crippen molar-refractivity contribution < 1.29 is 0 Å². The van der Waals surface area contributed by atoms with Crippen LogP contribution in [0.4, 0.5) is 0 Å². The molecule has 0 saturated carbocycles. The molecule has 1 aromatic carbocycles. The maximum Gasteiger partial charge on any atom is 0.0237 e. The smallest absolute Gasteiger partial charge is 0.0237 e. The van der Waals surface area contributed by atoms with Crippen molar-refractivity contribution >= 4 is 0 Å². The van der Waals surface area contributed by atoms with Crippen LogP contribution >= 0.6 is 0 Å². The van der Waals surface area contributed by atoms with Crippen molar-refractivity contribution in [2.45, 2.75) is 65.6 Å². The van der Waals surface area contributed by atoms with Gasteiger partial charge < -0.3 is 5.32 Å². The van der Waals surface area contributed by atoms with E-state index in [1.54, 1.807) is 0 Å². The van der Waals surface area contributed by atoms with Gasteiger partial charge in [0, 0.05) is 25.2 Å². The molecule has 0 spiro atoms. The van der Waals surface area contributed by atoms with Crippen LogP contribution < -0.4 is 5.32 Å². The number of benzene rings is 1. The van der Waals surface area contributed by atoms with Gasteiger partial charge in [0.25, 0.3) is 0 Å². The molecule has 1 aliphatic rings. The molecular weight excluding hydrogens is 256 g/mol. The second-order valence-corrected chi connectivity index (χ2v) is 7.02. The minimum absolute atomic E-state index is 0.643. The summed E-state index contributed by atoms with van der Waals surface area (Å²) in [4.78, 5) is 2.66. The van der Waals surface area contributed by atoms with E-state index in [0.717, 1.165) is 25.4 Å². The molecule has 2 rings (SSSR count). The predicted molar refractivity (Wildman–Crippen MR) is 91.6 cm³/mol. The van der Waals surface area contributed by atoms with Gasteiger partial charge in [-0.15, -0.1) is 0 Å². The molecule has 0 bridgehead atoms. The van der Waals surface area contributed by atoms with Gasteiger partial charge in [0.15, 0.2) is 0 Å². The summed E-state index contributed by atoms with van der Waals surface area (Å²) in [5, 5.41) is 3.74. The van der Waals surface area contributed by atoms with E-state index in [2.05, 4.69) is 62.2 Å². The third-order valence-corrected chi connectivity index (χ3v) is 4.65. The van der Waals surface area contributed by atoms with Crippen molar-refractivity contribution in [3.05, 3.63) is 35.4 Å². The first kappa shape index (κ1) is 16.5. The number of nitrogens with zero attached hydrogens (tertiary/aromatic N) is 1. The zero-order chi connectivity index (χ0) is 15.2. The lowest BCUT2D eigenvalue weighted by Crippen LogP contribution is -2.40. The normalized spacial score (nSPS) is 24.2. The highest BCUT2D eigenvalue weighted by atomic mass is 15.2. The van der Waals surface area contributed by atoms with Gasteiger partial charge in [0.05, 0.1) is 0 Å². The largest absolute Gasteiger partial charge is 0.313 e. The van der Waals surface area contributed by atoms with Crippen LogP contribution in [0, 0.1) is 5.92 Å². The van der Waals surface area contributed by atoms with Gasteiger partial charge >= 0.3 is 0 Å². The second-order valence-electron chi connectivity index (χ2n) is 7.02. The molecule has 0 radical (unpaired) electrons. The molecule has 2 heteroatoms. The van der Waals surface area contributed by atoms with Crippen molar-refractivity contribution in [3.8, 4) is 0 Å². The molecule has 21 heavy (non-hydrogen) atoms. The number of rotatable bonds is 5. The molecule has 2 unspecified atom stereocenters. The van der Waals surface area contributed by atoms with Crippen LogP contribution in [-0.4, -0.2) is 30.1 Å². The maximum absolute atomic E-state index is 3.74. The molecule has 118 valence electrons. The third-order valence-electron chi connectivity index (χ3n) is 4.65. The lowest BCUT2D eigenvalue weighted by Gasteiger charge is -2.29. The van der Waals surface area contributed by atoms with Crippen LogP contribution in [0.1, 0.15) is 51.7 Å². The fraction of sp³-hybridized carbons (Fsp3) is 0.684. The van der Waals surface area contributed by atoms with Gasteiger partial charge in [-0.1, -0.05) is 45.0 Å². The van der Waals surface area contributed by atoms with Gasteiger partial charge in [-0.2, -0.15) is 0 Å². The molecule has 0 amide bonds. The van der Waals surface area contributed by atoms with Gasteiger partial charge in [0.1, 0.15) is 0 Å². The summed E-state index contributed by atoms with van der Waals surface area (Å²) in [7, 11) is 0. The summed E-state index contributed by atoms with van der Waals surface area (Å²) in [6.07, 6.45) is 3.65. The fourth-order valence-corrected chi connectivity index (χ4v) is 3.27. The Morgan fingerprint density at radius 1 is 1.19 bits per heavy atom. The van der Waals surface area contributed by atoms with Crippen molar-refractivity contribution in [2.24, 2.45) is 5.92 Å². The Kier molecular flexibility index (Phi) is 6.25. The maximum atomic E-state index is 3.74. The fourth-order valence-electron chi connectivity index (χ4n) is 3.27. The van der Waals surface area contributed by atoms with E-state index < -0.39 is 0 Å². The van der Waals surface area contributed by atoms with E-state index >= 15 is 0 Å². The van der Waals surface area contributed by atoms with Gasteiger partial charge in [0.2, 0.25) is 0 Å². The van der Waals surface area contributed by atoms with Crippen molar-refractivity contribution in [2.75, 3.05) is 13.1 Å². The summed E-state index contributed by atoms with van der Waals surface area (Å²) in [5.41, 5.74) is 2.88. The first-order valence-corrected chi connectivity index (χ1v) is 8.63. The van der Waals surface area contributed by atoms with Crippen LogP contribution in [0.25, 0.3) is 0 Å². The third kappa shape index (κ3) is 5.12. The molecule has 1 saturated heterocycles. The van der Waals surface area contributed by atoms with Crippen LogP contribution in [0.3, 0.4) is 0 Å². The zero-order valence-electron chi connectivity index (χ0n) is 14.2. The molecular formula is C19H32N2. The average molecular weight is 288 g/mol. The van der Waals surface area contributed by atoms with E-state index in [9.17, 15) is 0 Å². The zero-order valence-corrected chi connectivity index (χ0v) is 14.2. The molecule has 1 aromatic rings. The predicted octanol–water partition coefficient (Wildman–Crippen LogP) is 3.85. The van der Waals surface area contributed by atoms with E-state index in [1.165, 1.54) is 30.5 Å². The van der Waals surface area contributed by atoms with Crippen LogP contribution in [0.5, 0.6) is 0 Å². The van der Waals surface area contributed by atoms with Crippen molar-refractivity contribution in [1.82, 2.24) is 10.2 Å². The molecule has 1 N–H and O–H groups in total. The van der Waals surface area contributed by atoms with Crippen LogP contribution in [-0.2, 0) is 13.0 Å². The summed E-state index contributed by atoms with van der Waals surface area (Å²) < 4.78 is 0. The summed E-state index contributed by atoms with van der Waals surface area (Å²) in [6, 6.07) is 10.5. The Labute approximate surface area is 130 Å². The Balaban J connectivity index is 2.00. The summed E-state index contributed by atoms with van der Waals surface area (Å²) in [5.74, 6) is 0.765. The average Bonchev–Trinajstić information content (AvgIpc) is 2.61. The number of aryl methyl sites for hydroxylation is 1. The van der Waals surface area contributed by atoms with Gasteiger partial charge in [-0.05, 0) is 49.8 Å². The van der Waals surface area contributed by atoms with E-state index in [0.29, 0.717) is 12.1 Å². The molecule has 2 nitrogen and oxygen atoms in total. The number of nitrogens with one attached hydrogen (secondary N) is 1. The molecule has 1 fully saturated rings. The Hall–Kier alpha value is -0.860. The molecule has 2 atom stereocenters. The SMILES string of the molecule is CCc1ccc(CN2CC(CC(C)C)NCCC2C)cc1. The summed E-state index contributed by atoms with van der Waals surface area (Å²) in [6.45, 7) is 12.7. The summed E-state index contributed by atoms with van der Waals surface area (Å²) >= 11 is 0. The minimum Gasteiger partial charge on any atom is -0.313 e. The highest BCUT2D eigenvalue weighted by Crippen LogP contribution is 2.17. The molecule has 1 aliphatic heterocycles. The lowest BCUT2D eigenvalue weighted by atomic mass is 10.0. The molecule has 0 aromatic heterocycles. The van der Waals surface area contributed by atoms with E-state index in [-0.39, 0.29) is 0 Å². The van der Waals surface area contributed by atoms with Gasteiger partial charge in [-0.25, -0.2) is 0 Å². The van der Waals surface area contributed by atoms with E-state index in [1.807, 2.05) is 0 Å². The van der Waals surface area contributed by atoms with Crippen LogP contribution in [0.15, 0.2) is 24.3 Å². The lowest BCUT2D eigenvalue weighted by molar-refractivity contribution is 0.189. The monoisotopic (exact) mass is 288 g/mol.